The van der Waals surface area contributed by atoms with Gasteiger partial charge in [0, 0.05) is 0 Å². The SMILES string of the molecule is Cc1cccc(O)c1O.[O]=[Zr]. The molecule has 0 unspecified atom stereocenters. The summed E-state index contributed by atoms with van der Waals surface area (Å²) in [6.07, 6.45) is 0. The molecule has 0 bridgehead atoms. The Balaban J connectivity index is 0.000000461. The fourth-order valence-corrected chi connectivity index (χ4v) is 0.643. The van der Waals surface area contributed by atoms with E-state index in [2.05, 4.69) is 0 Å². The predicted molar refractivity (Wildman–Crippen MR) is 35.2 cm³/mol. The normalized spacial score (nSPS) is 8.00. The molecule has 1 aromatic carbocycles. The molecule has 11 heavy (non-hydrogen) atoms. The van der Waals surface area contributed by atoms with E-state index >= 15 is 0 Å². The molecule has 1 rings (SSSR count). The minimum atomic E-state index is -0.0602. The Kier molecular flexibility index (Phi) is 4.96. The molecule has 4 heteroatoms. The molecule has 0 radical (unpaired) electrons. The quantitative estimate of drug-likeness (QED) is 0.661. The van der Waals surface area contributed by atoms with E-state index < -0.39 is 0 Å². The van der Waals surface area contributed by atoms with Crippen LogP contribution in [0, 0.1) is 6.92 Å². The van der Waals surface area contributed by atoms with Crippen molar-refractivity contribution in [2.24, 2.45) is 0 Å². The number of rotatable bonds is 0. The van der Waals surface area contributed by atoms with Crippen molar-refractivity contribution in [1.29, 1.82) is 0 Å². The molecule has 0 aliphatic heterocycles. The second-order valence-corrected chi connectivity index (χ2v) is 1.94. The molecule has 0 spiro atoms. The van der Waals surface area contributed by atoms with Crippen molar-refractivity contribution in [3.8, 4) is 11.5 Å². The van der Waals surface area contributed by atoms with Crippen LogP contribution in [0.3, 0.4) is 0 Å². The third-order valence-corrected chi connectivity index (χ3v) is 1.22. The second-order valence-electron chi connectivity index (χ2n) is 1.94. The van der Waals surface area contributed by atoms with E-state index in [-0.39, 0.29) is 11.5 Å². The fraction of sp³-hybridized carbons (Fsp3) is 0.143. The minimum absolute atomic E-state index is 0.0301. The maximum absolute atomic E-state index is 8.96. The molecule has 0 aliphatic rings. The van der Waals surface area contributed by atoms with Crippen LogP contribution in [0.25, 0.3) is 0 Å². The second kappa shape index (κ2) is 5.19. The van der Waals surface area contributed by atoms with Gasteiger partial charge in [-0.1, -0.05) is 12.1 Å². The van der Waals surface area contributed by atoms with E-state index in [9.17, 15) is 0 Å². The molecule has 0 saturated heterocycles. The average molecular weight is 231 g/mol. The molecule has 0 fully saturated rings. The molecule has 1 aromatic rings. The van der Waals surface area contributed by atoms with Gasteiger partial charge in [-0.25, -0.2) is 0 Å². The summed E-state index contributed by atoms with van der Waals surface area (Å²) in [5.41, 5.74) is 0.690. The monoisotopic (exact) mass is 230 g/mol. The zero-order valence-corrected chi connectivity index (χ0v) is 8.49. The first-order valence-corrected chi connectivity index (χ1v) is 3.90. The molecule has 2 N–H and O–H groups in total. The van der Waals surface area contributed by atoms with E-state index in [1.807, 2.05) is 0 Å². The van der Waals surface area contributed by atoms with Crippen molar-refractivity contribution in [2.45, 2.75) is 6.92 Å². The number of aromatic hydroxyl groups is 2. The van der Waals surface area contributed by atoms with Crippen molar-refractivity contribution in [1.82, 2.24) is 0 Å². The molecule has 58 valence electrons. The Hall–Kier alpha value is -0.497. The van der Waals surface area contributed by atoms with Crippen molar-refractivity contribution in [3.63, 3.8) is 0 Å². The van der Waals surface area contributed by atoms with Gasteiger partial charge in [-0.2, -0.15) is 0 Å². The van der Waals surface area contributed by atoms with Crippen LogP contribution in [0.15, 0.2) is 18.2 Å². The topological polar surface area (TPSA) is 57.5 Å². The van der Waals surface area contributed by atoms with Crippen LogP contribution >= 0.6 is 0 Å². The summed E-state index contributed by atoms with van der Waals surface area (Å²) in [6, 6.07) is 4.86. The van der Waals surface area contributed by atoms with Gasteiger partial charge in [-0.15, -0.1) is 0 Å². The summed E-state index contributed by atoms with van der Waals surface area (Å²) >= 11 is 0.300. The van der Waals surface area contributed by atoms with Crippen molar-refractivity contribution in [2.75, 3.05) is 0 Å². The van der Waals surface area contributed by atoms with Crippen LogP contribution in [0.4, 0.5) is 0 Å². The summed E-state index contributed by atoms with van der Waals surface area (Å²) in [4.78, 5) is 0. The van der Waals surface area contributed by atoms with Gasteiger partial charge in [0.25, 0.3) is 0 Å². The summed E-state index contributed by atoms with van der Waals surface area (Å²) in [7, 11) is 0. The summed E-state index contributed by atoms with van der Waals surface area (Å²) in [5.74, 6) is -0.0903. The van der Waals surface area contributed by atoms with Gasteiger partial charge in [0.05, 0.1) is 0 Å². The summed E-state index contributed by atoms with van der Waals surface area (Å²) < 4.78 is 8.34. The van der Waals surface area contributed by atoms with Gasteiger partial charge in [0.15, 0.2) is 11.5 Å². The number of hydrogen-bond donors (Lipinski definition) is 2. The predicted octanol–water partition coefficient (Wildman–Crippen LogP) is 1.28. The summed E-state index contributed by atoms with van der Waals surface area (Å²) in [5, 5.41) is 17.8. The molecule has 0 aliphatic carbocycles. The van der Waals surface area contributed by atoms with Crippen molar-refractivity contribution >= 4 is 0 Å². The van der Waals surface area contributed by atoms with E-state index in [1.165, 1.54) is 6.07 Å². The molecular formula is C7H8O3Zr. The van der Waals surface area contributed by atoms with Gasteiger partial charge in [0.2, 0.25) is 0 Å². The van der Waals surface area contributed by atoms with Gasteiger partial charge < -0.3 is 10.2 Å². The zero-order chi connectivity index (χ0) is 8.85. The van der Waals surface area contributed by atoms with Gasteiger partial charge >= 0.3 is 27.5 Å². The van der Waals surface area contributed by atoms with E-state index in [4.69, 9.17) is 13.0 Å². The molecule has 0 amide bonds. The maximum atomic E-state index is 8.96. The van der Waals surface area contributed by atoms with Crippen molar-refractivity contribution < 1.29 is 37.7 Å². The Morgan fingerprint density at radius 3 is 2.18 bits per heavy atom. The Morgan fingerprint density at radius 2 is 1.82 bits per heavy atom. The Morgan fingerprint density at radius 1 is 1.27 bits per heavy atom. The van der Waals surface area contributed by atoms with Crippen molar-refractivity contribution in [3.05, 3.63) is 23.8 Å². The van der Waals surface area contributed by atoms with Crippen LogP contribution < -0.4 is 0 Å². The first-order valence-electron chi connectivity index (χ1n) is 2.90. The van der Waals surface area contributed by atoms with Crippen LogP contribution in [-0.2, 0) is 27.5 Å². The molecular weight excluding hydrogens is 223 g/mol. The number of hydrogen-bond acceptors (Lipinski definition) is 3. The number of benzene rings is 1. The fourth-order valence-electron chi connectivity index (χ4n) is 0.643. The standard InChI is InChI=1S/C7H8O2.O.Zr/c1-5-3-2-4-6(8)7(5)9;;/h2-4,8-9H,1H3;;. The first kappa shape index (κ1) is 10.5. The third kappa shape index (κ3) is 2.93. The Bertz CT molecular complexity index is 217. The molecule has 0 atom stereocenters. The summed E-state index contributed by atoms with van der Waals surface area (Å²) in [6.45, 7) is 1.73. The first-order chi connectivity index (χ1) is 5.22. The van der Waals surface area contributed by atoms with Crippen LogP contribution in [-0.4, -0.2) is 10.2 Å². The number of phenols is 2. The van der Waals surface area contributed by atoms with E-state index in [1.54, 1.807) is 19.1 Å². The molecule has 0 heterocycles. The molecule has 3 nitrogen and oxygen atoms in total. The van der Waals surface area contributed by atoms with Crippen LogP contribution in [0.2, 0.25) is 0 Å². The molecule has 0 aromatic heterocycles. The third-order valence-electron chi connectivity index (χ3n) is 1.22. The average Bonchev–Trinajstić information content (AvgIpc) is 2.04. The number of para-hydroxylation sites is 1. The van der Waals surface area contributed by atoms with Gasteiger partial charge in [-0.05, 0) is 18.6 Å². The number of phenolic OH excluding ortho intramolecular Hbond substituents is 2. The van der Waals surface area contributed by atoms with Gasteiger partial charge in [0.1, 0.15) is 0 Å². The van der Waals surface area contributed by atoms with Crippen LogP contribution in [0.5, 0.6) is 11.5 Å². The number of aryl methyl sites for hydroxylation is 1. The van der Waals surface area contributed by atoms with Crippen LogP contribution in [0.1, 0.15) is 5.56 Å². The van der Waals surface area contributed by atoms with E-state index in [0.29, 0.717) is 30.3 Å². The molecule has 0 saturated carbocycles. The van der Waals surface area contributed by atoms with E-state index in [0.717, 1.165) is 0 Å². The Labute approximate surface area is 80.0 Å². The van der Waals surface area contributed by atoms with Gasteiger partial charge in [-0.3, -0.25) is 0 Å². The zero-order valence-electron chi connectivity index (χ0n) is 6.03.